The molecule has 3 aromatic heterocycles. The Balaban J connectivity index is 1.58. The number of pyridine rings is 1. The van der Waals surface area contributed by atoms with Crippen LogP contribution in [0.5, 0.6) is 0 Å². The van der Waals surface area contributed by atoms with Crippen LogP contribution < -0.4 is 10.6 Å². The van der Waals surface area contributed by atoms with Crippen LogP contribution in [0.15, 0.2) is 54.0 Å². The number of benzene rings is 1. The second-order valence-corrected chi connectivity index (χ2v) is 7.98. The van der Waals surface area contributed by atoms with Crippen LogP contribution in [-0.2, 0) is 16.1 Å². The van der Waals surface area contributed by atoms with E-state index in [0.717, 1.165) is 10.6 Å². The Hall–Kier alpha value is -3.56. The number of nitrogens with zero attached hydrogens (tertiary/aromatic N) is 3. The predicted octanol–water partition coefficient (Wildman–Crippen LogP) is 3.69. The molecule has 2 N–H and O–H groups in total. The molecule has 9 heteroatoms. The number of amides is 2. The lowest BCUT2D eigenvalue weighted by Gasteiger charge is -2.10. The van der Waals surface area contributed by atoms with E-state index in [1.807, 2.05) is 24.4 Å². The normalized spacial score (nSPS) is 10.9. The summed E-state index contributed by atoms with van der Waals surface area (Å²) in [4.78, 5) is 30.5. The first-order valence-electron chi connectivity index (χ1n) is 9.59. The van der Waals surface area contributed by atoms with Crippen LogP contribution in [0.2, 0.25) is 0 Å². The number of ether oxygens (including phenoxy) is 1. The molecule has 0 fully saturated rings. The fourth-order valence-electron chi connectivity index (χ4n) is 3.23. The van der Waals surface area contributed by atoms with E-state index in [-0.39, 0.29) is 18.4 Å². The van der Waals surface area contributed by atoms with Gasteiger partial charge in [-0.15, -0.1) is 11.3 Å². The summed E-state index contributed by atoms with van der Waals surface area (Å²) >= 11 is 1.65. The third-order valence-corrected chi connectivity index (χ3v) is 5.41. The van der Waals surface area contributed by atoms with E-state index in [2.05, 4.69) is 20.7 Å². The molecule has 0 aliphatic rings. The molecule has 0 unspecified atom stereocenters. The molecule has 1 aromatic carbocycles. The lowest BCUT2D eigenvalue weighted by molar-refractivity contribution is -0.119. The number of anilines is 2. The molecular formula is C22H21N5O3S. The first kappa shape index (κ1) is 20.7. The number of aromatic nitrogens is 3. The highest BCUT2D eigenvalue weighted by atomic mass is 32.1. The lowest BCUT2D eigenvalue weighted by Crippen LogP contribution is -2.17. The number of nitrogens with one attached hydrogen (secondary N) is 2. The molecule has 0 aliphatic heterocycles. The Morgan fingerprint density at radius 3 is 2.68 bits per heavy atom. The van der Waals surface area contributed by atoms with Crippen molar-refractivity contribution >= 4 is 45.6 Å². The number of methoxy groups -OCH3 is 1. The van der Waals surface area contributed by atoms with Crippen molar-refractivity contribution in [3.05, 3.63) is 70.2 Å². The van der Waals surface area contributed by atoms with Crippen LogP contribution in [0.1, 0.15) is 20.9 Å². The fraction of sp³-hybridized carbons (Fsp3) is 0.182. The predicted molar refractivity (Wildman–Crippen MR) is 121 cm³/mol. The van der Waals surface area contributed by atoms with Gasteiger partial charge in [-0.3, -0.25) is 9.59 Å². The van der Waals surface area contributed by atoms with Gasteiger partial charge in [0.05, 0.1) is 23.7 Å². The largest absolute Gasteiger partial charge is 0.375 e. The summed E-state index contributed by atoms with van der Waals surface area (Å²) in [6.07, 6.45) is 1.67. The molecule has 31 heavy (non-hydrogen) atoms. The molecule has 4 rings (SSSR count). The van der Waals surface area contributed by atoms with Gasteiger partial charge >= 0.3 is 0 Å². The van der Waals surface area contributed by atoms with Crippen molar-refractivity contribution in [1.29, 1.82) is 0 Å². The Morgan fingerprint density at radius 1 is 1.13 bits per heavy atom. The minimum absolute atomic E-state index is 0.0413. The Morgan fingerprint density at radius 2 is 1.94 bits per heavy atom. The number of carbonyl (C=O) groups is 2. The van der Waals surface area contributed by atoms with E-state index >= 15 is 0 Å². The number of thiophene rings is 1. The van der Waals surface area contributed by atoms with Crippen molar-refractivity contribution in [3.63, 3.8) is 0 Å². The fourth-order valence-corrected chi connectivity index (χ4v) is 3.91. The molecule has 0 saturated heterocycles. The first-order chi connectivity index (χ1) is 15.0. The van der Waals surface area contributed by atoms with Crippen LogP contribution >= 0.6 is 11.3 Å². The standard InChI is InChI=1S/C22H21N5O3S/c1-14-9-18(19-11-23-27(21(19)24-14)12-17-7-4-8-31-17)22(29)26-16-6-3-5-15(10-16)25-20(28)13-30-2/h3-11H,12-13H2,1-2H3,(H,25,28)(H,26,29). The topological polar surface area (TPSA) is 98.1 Å². The Bertz CT molecular complexity index is 1230. The molecule has 158 valence electrons. The zero-order valence-electron chi connectivity index (χ0n) is 17.1. The van der Waals surface area contributed by atoms with Crippen molar-refractivity contribution in [2.45, 2.75) is 13.5 Å². The van der Waals surface area contributed by atoms with Gasteiger partial charge in [0.15, 0.2) is 5.65 Å². The quantitative estimate of drug-likeness (QED) is 0.461. The molecule has 0 atom stereocenters. The van der Waals surface area contributed by atoms with Gasteiger partial charge in [0.25, 0.3) is 5.91 Å². The molecule has 3 heterocycles. The van der Waals surface area contributed by atoms with Crippen molar-refractivity contribution in [1.82, 2.24) is 14.8 Å². The van der Waals surface area contributed by atoms with Crippen molar-refractivity contribution in [2.24, 2.45) is 0 Å². The maximum atomic E-state index is 13.1. The van der Waals surface area contributed by atoms with E-state index in [4.69, 9.17) is 4.74 Å². The highest BCUT2D eigenvalue weighted by Gasteiger charge is 2.16. The summed E-state index contributed by atoms with van der Waals surface area (Å²) in [6.45, 7) is 2.41. The number of hydrogen-bond donors (Lipinski definition) is 2. The Kier molecular flexibility index (Phi) is 6.06. The zero-order chi connectivity index (χ0) is 21.8. The van der Waals surface area contributed by atoms with Crippen LogP contribution in [0, 0.1) is 6.92 Å². The summed E-state index contributed by atoms with van der Waals surface area (Å²) in [5.74, 6) is -0.540. The minimum atomic E-state index is -0.272. The van der Waals surface area contributed by atoms with Gasteiger partial charge in [-0.2, -0.15) is 5.10 Å². The zero-order valence-corrected chi connectivity index (χ0v) is 17.9. The van der Waals surface area contributed by atoms with Gasteiger partial charge < -0.3 is 15.4 Å². The second kappa shape index (κ2) is 9.07. The van der Waals surface area contributed by atoms with E-state index < -0.39 is 0 Å². The van der Waals surface area contributed by atoms with E-state index in [0.29, 0.717) is 34.5 Å². The van der Waals surface area contributed by atoms with E-state index in [9.17, 15) is 9.59 Å². The molecule has 0 spiro atoms. The highest BCUT2D eigenvalue weighted by molar-refractivity contribution is 7.09. The third-order valence-electron chi connectivity index (χ3n) is 4.55. The van der Waals surface area contributed by atoms with Gasteiger partial charge in [0, 0.05) is 29.1 Å². The molecule has 0 radical (unpaired) electrons. The number of hydrogen-bond acceptors (Lipinski definition) is 6. The molecule has 4 aromatic rings. The van der Waals surface area contributed by atoms with Gasteiger partial charge in [-0.1, -0.05) is 12.1 Å². The van der Waals surface area contributed by atoms with Crippen LogP contribution in [-0.4, -0.2) is 40.3 Å². The summed E-state index contributed by atoms with van der Waals surface area (Å²) in [5, 5.41) is 12.8. The van der Waals surface area contributed by atoms with Crippen molar-refractivity contribution in [3.8, 4) is 0 Å². The third kappa shape index (κ3) is 4.79. The molecule has 0 saturated carbocycles. The summed E-state index contributed by atoms with van der Waals surface area (Å²) in [6, 6.07) is 12.7. The minimum Gasteiger partial charge on any atom is -0.375 e. The summed E-state index contributed by atoms with van der Waals surface area (Å²) < 4.78 is 6.62. The monoisotopic (exact) mass is 435 g/mol. The van der Waals surface area contributed by atoms with Gasteiger partial charge in [0.2, 0.25) is 5.91 Å². The van der Waals surface area contributed by atoms with Gasteiger partial charge in [-0.25, -0.2) is 9.67 Å². The SMILES string of the molecule is COCC(=O)Nc1cccc(NC(=O)c2cc(C)nc3c2cnn3Cc2cccs2)c1. The van der Waals surface area contributed by atoms with Crippen LogP contribution in [0.3, 0.4) is 0 Å². The van der Waals surface area contributed by atoms with Gasteiger partial charge in [0.1, 0.15) is 6.61 Å². The first-order valence-corrected chi connectivity index (χ1v) is 10.5. The van der Waals surface area contributed by atoms with Crippen molar-refractivity contribution < 1.29 is 14.3 Å². The van der Waals surface area contributed by atoms with Gasteiger partial charge in [-0.05, 0) is 42.6 Å². The average molecular weight is 436 g/mol. The molecule has 0 bridgehead atoms. The van der Waals surface area contributed by atoms with E-state index in [1.54, 1.807) is 52.5 Å². The maximum absolute atomic E-state index is 13.1. The van der Waals surface area contributed by atoms with E-state index in [1.165, 1.54) is 7.11 Å². The highest BCUT2D eigenvalue weighted by Crippen LogP contribution is 2.22. The maximum Gasteiger partial charge on any atom is 0.256 e. The van der Waals surface area contributed by atoms with Crippen LogP contribution in [0.4, 0.5) is 11.4 Å². The number of fused-ring (bicyclic) bond motifs is 1. The summed E-state index contributed by atoms with van der Waals surface area (Å²) in [5.41, 5.74) is 3.02. The molecular weight excluding hydrogens is 414 g/mol. The van der Waals surface area contributed by atoms with Crippen LogP contribution in [0.25, 0.3) is 11.0 Å². The number of rotatable bonds is 7. The molecule has 0 aliphatic carbocycles. The average Bonchev–Trinajstić information content (AvgIpc) is 3.38. The second-order valence-electron chi connectivity index (χ2n) is 6.95. The molecule has 8 nitrogen and oxygen atoms in total. The Labute approximate surface area is 182 Å². The van der Waals surface area contributed by atoms with Crippen molar-refractivity contribution in [2.75, 3.05) is 24.4 Å². The lowest BCUT2D eigenvalue weighted by atomic mass is 10.1. The number of carbonyl (C=O) groups excluding carboxylic acids is 2. The summed E-state index contributed by atoms with van der Waals surface area (Å²) in [7, 11) is 1.45. The number of aryl methyl sites for hydroxylation is 1. The molecule has 2 amide bonds. The smallest absolute Gasteiger partial charge is 0.256 e.